The van der Waals surface area contributed by atoms with E-state index in [2.05, 4.69) is 16.0 Å². The maximum absolute atomic E-state index is 12.5. The first-order valence-electron chi connectivity index (χ1n) is 16.7. The summed E-state index contributed by atoms with van der Waals surface area (Å²) in [6, 6.07) is 25.7. The second kappa shape index (κ2) is 25.6. The summed E-state index contributed by atoms with van der Waals surface area (Å²) in [6.07, 6.45) is -2.08. The Morgan fingerprint density at radius 1 is 0.702 bits per heavy atom. The van der Waals surface area contributed by atoms with Crippen molar-refractivity contribution in [2.45, 2.75) is 59.4 Å². The fourth-order valence-corrected chi connectivity index (χ4v) is 5.14. The van der Waals surface area contributed by atoms with E-state index in [1.54, 1.807) is 68.4 Å². The molecule has 57 heavy (non-hydrogen) atoms. The smallest absolute Gasteiger partial charge is 0.328 e. The highest BCUT2D eigenvalue weighted by Crippen LogP contribution is 2.29. The van der Waals surface area contributed by atoms with Crippen LogP contribution in [-0.4, -0.2) is 76.1 Å². The molecular formula is C41H47Cl3N6O7. The standard InChI is InChI=1S/C20H20ClN3O3.C12H13ClN2O3.C8H9NO.CH4.ClH/c1-12-16(9-8-15(10-22)18(12)21)24-19(13(2)25)20(27)23-11-17(26)14-6-4-3-5-7-14;1-6-9(4-3-8(5-14)10(6)13)15-11(7(2)16)12(17)18;9-6-8(10)7-4-2-1-3-5-7;;/h3-9,13,19,24-25H,11H2,1-2H3,(H,23,27);3-4,7,11,15-16H,1-2H3,(H,17,18);1-5H,6,9H2;1H4;1H/t13-,19+;7-,11+;;;/m00.../s1. The van der Waals surface area contributed by atoms with Gasteiger partial charge in [0.1, 0.15) is 18.2 Å². The Morgan fingerprint density at radius 3 is 1.44 bits per heavy atom. The molecule has 16 heteroatoms. The molecule has 0 aliphatic carbocycles. The zero-order valence-corrected chi connectivity index (χ0v) is 33.2. The third kappa shape index (κ3) is 15.5. The van der Waals surface area contributed by atoms with Gasteiger partial charge >= 0.3 is 5.97 Å². The van der Waals surface area contributed by atoms with Gasteiger partial charge in [0.15, 0.2) is 17.6 Å². The largest absolute Gasteiger partial charge is 0.480 e. The van der Waals surface area contributed by atoms with Crippen LogP contribution in [0.25, 0.3) is 0 Å². The molecule has 0 aliphatic heterocycles. The first kappa shape index (κ1) is 51.5. The number of nitrogens with one attached hydrogen (secondary N) is 3. The SMILES string of the molecule is C.Cc1c(N[C@@H](C(=O)NCC(=O)c2ccccc2)[C@H](C)O)ccc(C#N)c1Cl.Cc1c(N[C@@H](C(=O)O)[C@H](C)O)ccc(C#N)c1Cl.Cl.NCC(=O)c1ccccc1. The number of hydrogen-bond donors (Lipinski definition) is 7. The van der Waals surface area contributed by atoms with Gasteiger partial charge in [-0.1, -0.05) is 91.3 Å². The van der Waals surface area contributed by atoms with Crippen LogP contribution in [0.15, 0.2) is 84.9 Å². The van der Waals surface area contributed by atoms with Crippen LogP contribution >= 0.6 is 35.6 Å². The molecular weight excluding hydrogens is 795 g/mol. The maximum atomic E-state index is 12.5. The van der Waals surface area contributed by atoms with Gasteiger partial charge in [0.25, 0.3) is 0 Å². The van der Waals surface area contributed by atoms with E-state index in [0.717, 1.165) is 0 Å². The Bertz CT molecular complexity index is 2040. The minimum atomic E-state index is -1.16. The lowest BCUT2D eigenvalue weighted by Crippen LogP contribution is -2.47. The highest BCUT2D eigenvalue weighted by molar-refractivity contribution is 6.33. The van der Waals surface area contributed by atoms with Gasteiger partial charge in [-0.2, -0.15) is 10.5 Å². The van der Waals surface area contributed by atoms with Crippen LogP contribution in [0.2, 0.25) is 10.0 Å². The number of carbonyl (C=O) groups is 4. The van der Waals surface area contributed by atoms with Gasteiger partial charge in [0.05, 0.1) is 46.5 Å². The average Bonchev–Trinajstić information content (AvgIpc) is 3.18. The monoisotopic (exact) mass is 840 g/mol. The summed E-state index contributed by atoms with van der Waals surface area (Å²) < 4.78 is 0. The van der Waals surface area contributed by atoms with Crippen LogP contribution in [0.5, 0.6) is 0 Å². The molecule has 0 aliphatic rings. The molecule has 0 saturated heterocycles. The minimum Gasteiger partial charge on any atom is -0.480 e. The Labute approximate surface area is 348 Å². The highest BCUT2D eigenvalue weighted by Gasteiger charge is 2.26. The number of nitriles is 2. The summed E-state index contributed by atoms with van der Waals surface area (Å²) in [5, 5.41) is 54.9. The van der Waals surface area contributed by atoms with Crippen molar-refractivity contribution in [2.24, 2.45) is 5.73 Å². The normalized spacial score (nSPS) is 11.8. The Hall–Kier alpha value is -5.51. The van der Waals surface area contributed by atoms with Crippen molar-refractivity contribution < 1.29 is 34.5 Å². The number of aliphatic hydroxyl groups excluding tert-OH is 2. The van der Waals surface area contributed by atoms with Crippen molar-refractivity contribution in [3.63, 3.8) is 0 Å². The number of amides is 1. The van der Waals surface area contributed by atoms with Crippen molar-refractivity contribution >= 4 is 70.4 Å². The predicted molar refractivity (Wildman–Crippen MR) is 225 cm³/mol. The van der Waals surface area contributed by atoms with Crippen molar-refractivity contribution in [2.75, 3.05) is 23.7 Å². The van der Waals surface area contributed by atoms with Gasteiger partial charge in [-0.25, -0.2) is 4.79 Å². The Kier molecular flexibility index (Phi) is 23.1. The molecule has 4 aromatic carbocycles. The summed E-state index contributed by atoms with van der Waals surface area (Å²) in [5.74, 6) is -1.93. The van der Waals surface area contributed by atoms with E-state index in [0.29, 0.717) is 44.8 Å². The van der Waals surface area contributed by atoms with E-state index in [1.165, 1.54) is 26.0 Å². The molecule has 0 heterocycles. The van der Waals surface area contributed by atoms with Crippen LogP contribution in [0.4, 0.5) is 11.4 Å². The molecule has 4 aromatic rings. The van der Waals surface area contributed by atoms with Crippen LogP contribution < -0.4 is 21.7 Å². The van der Waals surface area contributed by atoms with Crippen LogP contribution in [0.3, 0.4) is 0 Å². The number of benzene rings is 4. The van der Waals surface area contributed by atoms with Crippen LogP contribution in [0.1, 0.15) is 64.2 Å². The number of ketones is 2. The molecule has 0 aromatic heterocycles. The maximum Gasteiger partial charge on any atom is 0.328 e. The molecule has 0 bridgehead atoms. The number of anilines is 2. The van der Waals surface area contributed by atoms with E-state index in [1.807, 2.05) is 30.3 Å². The van der Waals surface area contributed by atoms with Crippen molar-refractivity contribution in [1.82, 2.24) is 5.32 Å². The number of carbonyl (C=O) groups excluding carboxylic acids is 3. The Balaban J connectivity index is 0.000000900. The number of rotatable bonds is 13. The highest BCUT2D eigenvalue weighted by atomic mass is 35.5. The number of carboxylic acid groups (broad SMARTS) is 1. The van der Waals surface area contributed by atoms with E-state index in [9.17, 15) is 29.4 Å². The zero-order valence-electron chi connectivity index (χ0n) is 30.9. The molecule has 1 amide bonds. The van der Waals surface area contributed by atoms with Gasteiger partial charge in [0.2, 0.25) is 5.91 Å². The van der Waals surface area contributed by atoms with E-state index in [4.69, 9.17) is 44.6 Å². The Morgan fingerprint density at radius 2 is 1.09 bits per heavy atom. The number of nitrogens with two attached hydrogens (primary N) is 1. The van der Waals surface area contributed by atoms with E-state index < -0.39 is 36.2 Å². The lowest BCUT2D eigenvalue weighted by Gasteiger charge is -2.23. The lowest BCUT2D eigenvalue weighted by atomic mass is 10.1. The van der Waals surface area contributed by atoms with Gasteiger partial charge in [-0.3, -0.25) is 14.4 Å². The predicted octanol–water partition coefficient (Wildman–Crippen LogP) is 6.33. The zero-order chi connectivity index (χ0) is 41.2. The summed E-state index contributed by atoms with van der Waals surface area (Å²) >= 11 is 12.1. The number of carboxylic acids is 1. The van der Waals surface area contributed by atoms with Gasteiger partial charge in [0, 0.05) is 22.5 Å². The average molecular weight is 842 g/mol. The second-order valence-electron chi connectivity index (χ2n) is 12.0. The molecule has 8 N–H and O–H groups in total. The van der Waals surface area contributed by atoms with E-state index >= 15 is 0 Å². The van der Waals surface area contributed by atoms with Gasteiger partial charge < -0.3 is 37.0 Å². The lowest BCUT2D eigenvalue weighted by molar-refractivity contribution is -0.140. The topological polar surface area (TPSA) is 239 Å². The van der Waals surface area contributed by atoms with Crippen molar-refractivity contribution in [3.8, 4) is 12.1 Å². The number of nitrogens with zero attached hydrogens (tertiary/aromatic N) is 2. The molecule has 4 atom stereocenters. The van der Waals surface area contributed by atoms with Crippen LogP contribution in [-0.2, 0) is 9.59 Å². The molecule has 0 fully saturated rings. The first-order chi connectivity index (χ1) is 26.1. The summed E-state index contributed by atoms with van der Waals surface area (Å²) in [6.45, 7) is 6.14. The van der Waals surface area contributed by atoms with E-state index in [-0.39, 0.29) is 54.5 Å². The molecule has 0 spiro atoms. The van der Waals surface area contributed by atoms with Crippen molar-refractivity contribution in [3.05, 3.63) is 128 Å². The molecule has 4 rings (SSSR count). The summed E-state index contributed by atoms with van der Waals surface area (Å²) in [4.78, 5) is 46.4. The third-order valence-corrected chi connectivity index (χ3v) is 8.92. The quantitative estimate of drug-likeness (QED) is 0.0731. The molecule has 0 radical (unpaired) electrons. The number of halogens is 3. The van der Waals surface area contributed by atoms with Gasteiger partial charge in [-0.05, 0) is 63.1 Å². The number of hydrogen-bond acceptors (Lipinski definition) is 11. The van der Waals surface area contributed by atoms with Crippen molar-refractivity contribution in [1.29, 1.82) is 10.5 Å². The fraction of sp³-hybridized carbons (Fsp3) is 0.268. The summed E-state index contributed by atoms with van der Waals surface area (Å²) in [5.41, 5.74) is 9.15. The number of aliphatic hydroxyl groups is 2. The fourth-order valence-electron chi connectivity index (χ4n) is 4.73. The number of aliphatic carboxylic acids is 1. The molecule has 13 nitrogen and oxygen atoms in total. The van der Waals surface area contributed by atoms with Crippen LogP contribution in [0, 0.1) is 36.5 Å². The second-order valence-corrected chi connectivity index (χ2v) is 12.7. The third-order valence-electron chi connectivity index (χ3n) is 7.95. The first-order valence-corrected chi connectivity index (χ1v) is 17.5. The minimum absolute atomic E-state index is 0. The molecule has 304 valence electrons. The summed E-state index contributed by atoms with van der Waals surface area (Å²) in [7, 11) is 0. The molecule has 0 saturated carbocycles. The van der Waals surface area contributed by atoms with Gasteiger partial charge in [-0.15, -0.1) is 12.4 Å². The number of Topliss-reactive ketones (excluding diaryl/α,β-unsaturated/α-hetero) is 2. The molecule has 0 unspecified atom stereocenters.